The molecule has 3 aromatic carbocycles. The molecule has 0 amide bonds. The molecule has 132 valence electrons. The van der Waals surface area contributed by atoms with Crippen LogP contribution in [0.2, 0.25) is 0 Å². The molecule has 3 rings (SSSR count). The summed E-state index contributed by atoms with van der Waals surface area (Å²) in [5.41, 5.74) is 4.72. The number of esters is 1. The maximum atomic E-state index is 12.0. The number of ether oxygens (including phenoxy) is 1. The second-order valence-corrected chi connectivity index (χ2v) is 8.22. The lowest BCUT2D eigenvalue weighted by molar-refractivity contribution is -0.131. The van der Waals surface area contributed by atoms with E-state index in [1.807, 2.05) is 30.3 Å². The van der Waals surface area contributed by atoms with E-state index in [1.54, 1.807) is 11.8 Å². The minimum atomic E-state index is -0.218. The van der Waals surface area contributed by atoms with Crippen molar-refractivity contribution in [2.45, 2.75) is 12.7 Å². The number of aryl methyl sites for hydroxylation is 1. The van der Waals surface area contributed by atoms with E-state index in [0.29, 0.717) is 11.5 Å². The Morgan fingerprint density at radius 2 is 1.62 bits per heavy atom. The molecule has 4 heteroatoms. The number of benzene rings is 3. The largest absolute Gasteiger partial charge is 0.426 e. The van der Waals surface area contributed by atoms with Crippen LogP contribution in [0.15, 0.2) is 72.8 Å². The lowest BCUT2D eigenvalue weighted by Gasteiger charge is -2.07. The van der Waals surface area contributed by atoms with Gasteiger partial charge in [0.15, 0.2) is 0 Å². The minimum absolute atomic E-state index is 0.218. The van der Waals surface area contributed by atoms with Crippen molar-refractivity contribution in [2.24, 2.45) is 0 Å². The Balaban J connectivity index is 1.50. The van der Waals surface area contributed by atoms with Gasteiger partial charge in [-0.3, -0.25) is 4.79 Å². The van der Waals surface area contributed by atoms with Gasteiger partial charge >= 0.3 is 5.97 Å². The summed E-state index contributed by atoms with van der Waals surface area (Å²) in [6, 6.07) is 24.3. The van der Waals surface area contributed by atoms with E-state index < -0.39 is 0 Å². The number of hydrogen-bond acceptors (Lipinski definition) is 3. The Bertz CT molecular complexity index is 873. The molecule has 0 saturated heterocycles. The molecule has 0 aliphatic rings. The Labute approximate surface area is 172 Å². The summed E-state index contributed by atoms with van der Waals surface area (Å²) in [6.07, 6.45) is 0. The molecule has 0 atom stereocenters. The van der Waals surface area contributed by atoms with Gasteiger partial charge in [0.05, 0.1) is 5.75 Å². The van der Waals surface area contributed by atoms with Gasteiger partial charge in [0.1, 0.15) is 5.75 Å². The van der Waals surface area contributed by atoms with E-state index >= 15 is 0 Å². The predicted octanol–water partition coefficient (Wildman–Crippen LogP) is 6.11. The maximum Gasteiger partial charge on any atom is 0.321 e. The summed E-state index contributed by atoms with van der Waals surface area (Å²) in [5, 5.41) is 0. The summed E-state index contributed by atoms with van der Waals surface area (Å²) in [6.45, 7) is 2.07. The van der Waals surface area contributed by atoms with Crippen LogP contribution in [0.1, 0.15) is 11.1 Å². The molecule has 0 N–H and O–H groups in total. The summed E-state index contributed by atoms with van der Waals surface area (Å²) in [7, 11) is 0. The quantitative estimate of drug-likeness (QED) is 0.245. The second-order valence-electron chi connectivity index (χ2n) is 5.99. The summed E-state index contributed by atoms with van der Waals surface area (Å²) in [4.78, 5) is 12.0. The van der Waals surface area contributed by atoms with Gasteiger partial charge in [-0.2, -0.15) is 0 Å². The van der Waals surface area contributed by atoms with Gasteiger partial charge in [-0.25, -0.2) is 0 Å². The number of hydrogen-bond donors (Lipinski definition) is 0. The Morgan fingerprint density at radius 3 is 2.27 bits per heavy atom. The smallest absolute Gasteiger partial charge is 0.321 e. The zero-order valence-corrected chi connectivity index (χ0v) is 17.4. The van der Waals surface area contributed by atoms with Crippen molar-refractivity contribution in [3.63, 3.8) is 0 Å². The Kier molecular flexibility index (Phi) is 6.74. The molecule has 3 aromatic rings. The highest BCUT2D eigenvalue weighted by atomic mass is 127. The molecule has 0 aromatic heterocycles. The van der Waals surface area contributed by atoms with E-state index in [4.69, 9.17) is 4.74 Å². The topological polar surface area (TPSA) is 26.3 Å². The molecular weight excluding hydrogens is 455 g/mol. The maximum absolute atomic E-state index is 12.0. The summed E-state index contributed by atoms with van der Waals surface area (Å²) >= 11 is 3.86. The molecule has 0 unspecified atom stereocenters. The first kappa shape index (κ1) is 19.0. The molecule has 0 heterocycles. The van der Waals surface area contributed by atoms with Crippen LogP contribution in [0.3, 0.4) is 0 Å². The SMILES string of the molecule is Cc1cccc(CSCC(=O)Oc2ccc(-c3ccc(I)cc3)cc2)c1. The Morgan fingerprint density at radius 1 is 0.962 bits per heavy atom. The fourth-order valence-electron chi connectivity index (χ4n) is 2.57. The Hall–Kier alpha value is -1.79. The highest BCUT2D eigenvalue weighted by molar-refractivity contribution is 14.1. The van der Waals surface area contributed by atoms with E-state index in [2.05, 4.69) is 72.0 Å². The number of thioether (sulfide) groups is 1. The lowest BCUT2D eigenvalue weighted by atomic mass is 10.1. The highest BCUT2D eigenvalue weighted by Gasteiger charge is 2.06. The van der Waals surface area contributed by atoms with Crippen LogP contribution < -0.4 is 4.74 Å². The lowest BCUT2D eigenvalue weighted by Crippen LogP contribution is -2.10. The molecule has 2 nitrogen and oxygen atoms in total. The van der Waals surface area contributed by atoms with Crippen LogP contribution in [0, 0.1) is 10.5 Å². The van der Waals surface area contributed by atoms with Crippen LogP contribution in [0.4, 0.5) is 0 Å². The van der Waals surface area contributed by atoms with Crippen molar-refractivity contribution < 1.29 is 9.53 Å². The van der Waals surface area contributed by atoms with Crippen LogP contribution in [-0.2, 0) is 10.5 Å². The fourth-order valence-corrected chi connectivity index (χ4v) is 3.68. The number of carbonyl (C=O) groups excluding carboxylic acids is 1. The van der Waals surface area contributed by atoms with Gasteiger partial charge in [-0.05, 0) is 70.5 Å². The average molecular weight is 474 g/mol. The molecule has 0 fully saturated rings. The van der Waals surface area contributed by atoms with Gasteiger partial charge < -0.3 is 4.74 Å². The molecule has 26 heavy (non-hydrogen) atoms. The van der Waals surface area contributed by atoms with Crippen LogP contribution in [-0.4, -0.2) is 11.7 Å². The molecular formula is C22H19IO2S. The number of carbonyl (C=O) groups is 1. The standard InChI is InChI=1S/C22H19IO2S/c1-16-3-2-4-17(13-16)14-26-15-22(24)25-21-11-7-19(8-12-21)18-5-9-20(23)10-6-18/h2-13H,14-15H2,1H3. The van der Waals surface area contributed by atoms with Gasteiger partial charge in [0.25, 0.3) is 0 Å². The van der Waals surface area contributed by atoms with E-state index in [0.717, 1.165) is 16.9 Å². The van der Waals surface area contributed by atoms with Crippen molar-refractivity contribution in [3.8, 4) is 16.9 Å². The number of rotatable bonds is 6. The van der Waals surface area contributed by atoms with Crippen molar-refractivity contribution in [3.05, 3.63) is 87.5 Å². The number of halogens is 1. The van der Waals surface area contributed by atoms with Gasteiger partial charge in [-0.15, -0.1) is 11.8 Å². The molecule has 0 saturated carbocycles. The molecule has 0 aliphatic carbocycles. The first-order chi connectivity index (χ1) is 12.6. The molecule has 0 aliphatic heterocycles. The van der Waals surface area contributed by atoms with Crippen LogP contribution >= 0.6 is 34.4 Å². The fraction of sp³-hybridized carbons (Fsp3) is 0.136. The monoisotopic (exact) mass is 474 g/mol. The third kappa shape index (κ3) is 5.61. The predicted molar refractivity (Wildman–Crippen MR) is 118 cm³/mol. The average Bonchev–Trinajstić information content (AvgIpc) is 2.63. The second kappa shape index (κ2) is 9.24. The zero-order valence-electron chi connectivity index (χ0n) is 14.4. The van der Waals surface area contributed by atoms with Crippen LogP contribution in [0.5, 0.6) is 5.75 Å². The summed E-state index contributed by atoms with van der Waals surface area (Å²) < 4.78 is 6.63. The first-order valence-electron chi connectivity index (χ1n) is 8.30. The van der Waals surface area contributed by atoms with Crippen molar-refractivity contribution >= 4 is 40.3 Å². The normalized spacial score (nSPS) is 10.5. The van der Waals surface area contributed by atoms with Crippen molar-refractivity contribution in [1.82, 2.24) is 0 Å². The van der Waals surface area contributed by atoms with Crippen molar-refractivity contribution in [2.75, 3.05) is 5.75 Å². The first-order valence-corrected chi connectivity index (χ1v) is 10.5. The van der Waals surface area contributed by atoms with Gasteiger partial charge in [0, 0.05) is 9.32 Å². The van der Waals surface area contributed by atoms with Crippen molar-refractivity contribution in [1.29, 1.82) is 0 Å². The highest BCUT2D eigenvalue weighted by Crippen LogP contribution is 2.23. The van der Waals surface area contributed by atoms with E-state index in [1.165, 1.54) is 14.7 Å². The molecule has 0 bridgehead atoms. The third-order valence-electron chi connectivity index (χ3n) is 3.83. The van der Waals surface area contributed by atoms with Crippen LogP contribution in [0.25, 0.3) is 11.1 Å². The summed E-state index contributed by atoms with van der Waals surface area (Å²) in [5.74, 6) is 1.51. The minimum Gasteiger partial charge on any atom is -0.426 e. The third-order valence-corrected chi connectivity index (χ3v) is 5.53. The molecule has 0 spiro atoms. The van der Waals surface area contributed by atoms with Gasteiger partial charge in [0.2, 0.25) is 0 Å². The van der Waals surface area contributed by atoms with E-state index in [9.17, 15) is 4.79 Å². The zero-order chi connectivity index (χ0) is 18.4. The van der Waals surface area contributed by atoms with Gasteiger partial charge in [-0.1, -0.05) is 54.1 Å². The van der Waals surface area contributed by atoms with E-state index in [-0.39, 0.29) is 5.97 Å². The molecule has 0 radical (unpaired) electrons.